The first-order chi connectivity index (χ1) is 15.1. The molecule has 1 aromatic rings. The number of likely N-dealkylation sites (N-methyl/N-ethyl adjacent to an activating group) is 1. The monoisotopic (exact) mass is 471 g/mol. The summed E-state index contributed by atoms with van der Waals surface area (Å²) in [5.41, 5.74) is 9.34. The zero-order chi connectivity index (χ0) is 25.4. The molecule has 0 radical (unpaired) electrons. The van der Waals surface area contributed by atoms with Crippen molar-refractivity contribution in [3.63, 3.8) is 0 Å². The topological polar surface area (TPSA) is 113 Å². The van der Waals surface area contributed by atoms with Gasteiger partial charge in [-0.2, -0.15) is 13.2 Å². The molecule has 0 saturated heterocycles. The number of rotatable bonds is 7. The van der Waals surface area contributed by atoms with Crippen LogP contribution in [0.4, 0.5) is 13.2 Å². The van der Waals surface area contributed by atoms with Crippen molar-refractivity contribution in [1.29, 1.82) is 0 Å². The van der Waals surface area contributed by atoms with E-state index in [1.807, 2.05) is 31.1 Å². The summed E-state index contributed by atoms with van der Waals surface area (Å²) in [6.07, 6.45) is 0.415. The number of benzene rings is 1. The Morgan fingerprint density at radius 3 is 2.27 bits per heavy atom. The number of allylic oxidation sites excluding steroid dienone is 2. The van der Waals surface area contributed by atoms with Crippen LogP contribution in [0, 0.1) is 5.41 Å². The maximum atomic E-state index is 12.1. The lowest BCUT2D eigenvalue weighted by atomic mass is 9.76. The van der Waals surface area contributed by atoms with Crippen molar-refractivity contribution in [3.8, 4) is 0 Å². The SMILES string of the molecule is CN(C)CCNC(=O)Cc1ccc(C(N)=O)c(C2=CCC(C)(C)CC2)c1.O=C(O)C(F)(F)F. The van der Waals surface area contributed by atoms with E-state index in [2.05, 4.69) is 25.2 Å². The zero-order valence-corrected chi connectivity index (χ0v) is 19.4. The largest absolute Gasteiger partial charge is 0.490 e. The van der Waals surface area contributed by atoms with E-state index < -0.39 is 18.1 Å². The van der Waals surface area contributed by atoms with Gasteiger partial charge in [-0.25, -0.2) is 4.79 Å². The van der Waals surface area contributed by atoms with Crippen molar-refractivity contribution in [3.05, 3.63) is 41.0 Å². The highest BCUT2D eigenvalue weighted by molar-refractivity contribution is 5.98. The Hall–Kier alpha value is -2.88. The van der Waals surface area contributed by atoms with Crippen LogP contribution in [0.2, 0.25) is 0 Å². The minimum Gasteiger partial charge on any atom is -0.475 e. The lowest BCUT2D eigenvalue weighted by molar-refractivity contribution is -0.192. The highest BCUT2D eigenvalue weighted by Crippen LogP contribution is 2.39. The fourth-order valence-corrected chi connectivity index (χ4v) is 3.17. The van der Waals surface area contributed by atoms with Crippen molar-refractivity contribution in [2.75, 3.05) is 27.2 Å². The molecule has 4 N–H and O–H groups in total. The summed E-state index contributed by atoms with van der Waals surface area (Å²) in [4.78, 5) is 34.9. The summed E-state index contributed by atoms with van der Waals surface area (Å²) >= 11 is 0. The molecule has 0 aliphatic heterocycles. The summed E-state index contributed by atoms with van der Waals surface area (Å²) in [5, 5.41) is 10.0. The number of nitrogens with two attached hydrogens (primary N) is 1. The van der Waals surface area contributed by atoms with Crippen LogP contribution < -0.4 is 11.1 Å². The van der Waals surface area contributed by atoms with E-state index in [1.165, 1.54) is 0 Å². The van der Waals surface area contributed by atoms with Crippen molar-refractivity contribution in [2.24, 2.45) is 11.1 Å². The number of carboxylic acids is 1. The Labute approximate surface area is 191 Å². The molecule has 10 heteroatoms. The third-order valence-corrected chi connectivity index (χ3v) is 5.16. The number of primary amides is 1. The minimum atomic E-state index is -5.08. The van der Waals surface area contributed by atoms with Gasteiger partial charge in [-0.1, -0.05) is 32.1 Å². The summed E-state index contributed by atoms with van der Waals surface area (Å²) in [7, 11) is 3.94. The van der Waals surface area contributed by atoms with Crippen LogP contribution in [0.15, 0.2) is 24.3 Å². The third kappa shape index (κ3) is 10.1. The van der Waals surface area contributed by atoms with Crippen LogP contribution in [0.1, 0.15) is 54.6 Å². The standard InChI is InChI=1S/C21H31N3O2.C2HF3O2/c1-21(2)9-7-16(8-10-21)18-13-15(5-6-17(18)20(22)26)14-19(25)23-11-12-24(3)4;3-2(4,5)1(6)7/h5-7,13H,8-12,14H2,1-4H3,(H2,22,26)(H,23,25);(H,6,7). The normalized spacial score (nSPS) is 15.2. The lowest BCUT2D eigenvalue weighted by Crippen LogP contribution is -2.32. The lowest BCUT2D eigenvalue weighted by Gasteiger charge is -2.29. The summed E-state index contributed by atoms with van der Waals surface area (Å²) in [6, 6.07) is 5.53. The first-order valence-corrected chi connectivity index (χ1v) is 10.5. The summed E-state index contributed by atoms with van der Waals surface area (Å²) in [6.45, 7) is 5.94. The summed E-state index contributed by atoms with van der Waals surface area (Å²) in [5.74, 6) is -3.19. The van der Waals surface area contributed by atoms with Crippen LogP contribution in [0.25, 0.3) is 5.57 Å². The number of amides is 2. The minimum absolute atomic E-state index is 0.0108. The molecule has 184 valence electrons. The molecular formula is C23H32F3N3O4. The van der Waals surface area contributed by atoms with E-state index in [-0.39, 0.29) is 5.91 Å². The van der Waals surface area contributed by atoms with E-state index in [0.717, 1.165) is 42.5 Å². The first kappa shape index (κ1) is 28.2. The highest BCUT2D eigenvalue weighted by atomic mass is 19.4. The van der Waals surface area contributed by atoms with Crippen LogP contribution >= 0.6 is 0 Å². The van der Waals surface area contributed by atoms with Crippen molar-refractivity contribution < 1.29 is 32.7 Å². The van der Waals surface area contributed by atoms with Gasteiger partial charge in [-0.3, -0.25) is 9.59 Å². The molecule has 1 aromatic carbocycles. The fraction of sp³-hybridized carbons (Fsp3) is 0.522. The first-order valence-electron chi connectivity index (χ1n) is 10.5. The predicted molar refractivity (Wildman–Crippen MR) is 120 cm³/mol. The molecule has 0 heterocycles. The van der Waals surface area contributed by atoms with Gasteiger partial charge >= 0.3 is 12.1 Å². The van der Waals surface area contributed by atoms with Crippen molar-refractivity contribution >= 4 is 23.4 Å². The number of carboxylic acid groups (broad SMARTS) is 1. The third-order valence-electron chi connectivity index (χ3n) is 5.16. The molecule has 2 amide bonds. The van der Waals surface area contributed by atoms with Crippen LogP contribution in [-0.2, 0) is 16.0 Å². The smallest absolute Gasteiger partial charge is 0.475 e. The van der Waals surface area contributed by atoms with Gasteiger partial charge in [0.2, 0.25) is 11.8 Å². The van der Waals surface area contributed by atoms with Gasteiger partial charge < -0.3 is 21.1 Å². The molecule has 0 spiro atoms. The molecule has 2 rings (SSSR count). The van der Waals surface area contributed by atoms with Gasteiger partial charge in [0.1, 0.15) is 0 Å². The molecule has 0 unspecified atom stereocenters. The van der Waals surface area contributed by atoms with E-state index in [0.29, 0.717) is 23.9 Å². The van der Waals surface area contributed by atoms with Gasteiger partial charge in [-0.05, 0) is 61.5 Å². The average molecular weight is 472 g/mol. The number of halogens is 3. The Morgan fingerprint density at radius 1 is 1.21 bits per heavy atom. The maximum Gasteiger partial charge on any atom is 0.490 e. The Morgan fingerprint density at radius 2 is 1.82 bits per heavy atom. The maximum absolute atomic E-state index is 12.1. The molecule has 1 aliphatic rings. The molecule has 0 bridgehead atoms. The van der Waals surface area contributed by atoms with Gasteiger partial charge in [-0.15, -0.1) is 0 Å². The molecule has 33 heavy (non-hydrogen) atoms. The van der Waals surface area contributed by atoms with Gasteiger partial charge in [0.15, 0.2) is 0 Å². The molecule has 0 saturated carbocycles. The number of hydrogen-bond donors (Lipinski definition) is 3. The summed E-state index contributed by atoms with van der Waals surface area (Å²) < 4.78 is 31.7. The molecular weight excluding hydrogens is 439 g/mol. The van der Waals surface area contributed by atoms with Gasteiger partial charge in [0, 0.05) is 18.7 Å². The van der Waals surface area contributed by atoms with E-state index in [1.54, 1.807) is 6.07 Å². The fourth-order valence-electron chi connectivity index (χ4n) is 3.17. The second-order valence-electron chi connectivity index (χ2n) is 8.97. The molecule has 0 fully saturated rings. The predicted octanol–water partition coefficient (Wildman–Crippen LogP) is 3.23. The second-order valence-corrected chi connectivity index (χ2v) is 8.97. The molecule has 0 atom stereocenters. The van der Waals surface area contributed by atoms with Crippen LogP contribution in [0.3, 0.4) is 0 Å². The number of aliphatic carboxylic acids is 1. The van der Waals surface area contributed by atoms with E-state index >= 15 is 0 Å². The van der Waals surface area contributed by atoms with E-state index in [4.69, 9.17) is 15.6 Å². The van der Waals surface area contributed by atoms with Gasteiger partial charge in [0.25, 0.3) is 0 Å². The molecule has 0 aromatic heterocycles. The number of nitrogens with zero attached hydrogens (tertiary/aromatic N) is 1. The second kappa shape index (κ2) is 11.8. The van der Waals surface area contributed by atoms with E-state index in [9.17, 15) is 22.8 Å². The van der Waals surface area contributed by atoms with Crippen molar-refractivity contribution in [1.82, 2.24) is 10.2 Å². The Kier molecular flexibility index (Phi) is 10.1. The Bertz CT molecular complexity index is 893. The van der Waals surface area contributed by atoms with Crippen molar-refractivity contribution in [2.45, 2.75) is 45.7 Å². The number of nitrogens with one attached hydrogen (secondary N) is 1. The quantitative estimate of drug-likeness (QED) is 0.565. The number of carbonyl (C=O) groups is 3. The van der Waals surface area contributed by atoms with Crippen LogP contribution in [-0.4, -0.2) is 61.2 Å². The number of carbonyl (C=O) groups excluding carboxylic acids is 2. The Balaban J connectivity index is 0.000000675. The van der Waals surface area contributed by atoms with Gasteiger partial charge in [0.05, 0.1) is 6.42 Å². The number of hydrogen-bond acceptors (Lipinski definition) is 4. The highest BCUT2D eigenvalue weighted by Gasteiger charge is 2.38. The number of alkyl halides is 3. The zero-order valence-electron chi connectivity index (χ0n) is 19.4. The molecule has 1 aliphatic carbocycles. The van der Waals surface area contributed by atoms with Crippen LogP contribution in [0.5, 0.6) is 0 Å². The molecule has 7 nitrogen and oxygen atoms in total. The average Bonchev–Trinajstić information content (AvgIpc) is 2.67.